The highest BCUT2D eigenvalue weighted by Gasteiger charge is 2.19. The first-order valence-corrected chi connectivity index (χ1v) is 30.3. The van der Waals surface area contributed by atoms with Crippen molar-refractivity contribution in [2.75, 3.05) is 13.2 Å². The fraction of sp³-hybridized carbons (Fsp3) is 0.887. The molecule has 0 aliphatic heterocycles. The molecule has 0 aromatic heterocycles. The smallest absolute Gasteiger partial charge is 0.306 e. The van der Waals surface area contributed by atoms with Gasteiger partial charge in [-0.1, -0.05) is 289 Å². The number of carbonyl (C=O) groups is 3. The van der Waals surface area contributed by atoms with Crippen LogP contribution in [0.5, 0.6) is 0 Å². The third kappa shape index (κ3) is 54.8. The van der Waals surface area contributed by atoms with Crippen LogP contribution in [0.15, 0.2) is 24.3 Å². The first kappa shape index (κ1) is 65.9. The molecule has 0 amide bonds. The first-order valence-electron chi connectivity index (χ1n) is 30.3. The van der Waals surface area contributed by atoms with Crippen LogP contribution in [-0.4, -0.2) is 37.2 Å². The van der Waals surface area contributed by atoms with E-state index in [9.17, 15) is 14.4 Å². The molecule has 1 unspecified atom stereocenters. The van der Waals surface area contributed by atoms with E-state index in [0.717, 1.165) is 70.6 Å². The molecule has 0 heterocycles. The zero-order valence-electron chi connectivity index (χ0n) is 45.9. The van der Waals surface area contributed by atoms with Gasteiger partial charge in [0.1, 0.15) is 13.2 Å². The van der Waals surface area contributed by atoms with Crippen LogP contribution in [0.2, 0.25) is 0 Å². The molecule has 0 saturated carbocycles. The minimum Gasteiger partial charge on any atom is -0.462 e. The van der Waals surface area contributed by atoms with Crippen molar-refractivity contribution in [3.63, 3.8) is 0 Å². The van der Waals surface area contributed by atoms with Gasteiger partial charge in [0.25, 0.3) is 0 Å². The average molecular weight is 958 g/mol. The van der Waals surface area contributed by atoms with Crippen molar-refractivity contribution in [3.05, 3.63) is 24.3 Å². The standard InChI is InChI=1S/C62H116O6/c1-4-7-10-13-16-19-22-24-26-28-29-30-31-32-34-35-37-40-43-46-49-52-55-61(64)67-58-59(57-66-60(63)54-51-48-45-42-39-21-18-15-12-9-6-3)68-62(65)56-53-50-47-44-41-38-36-33-27-25-23-20-17-14-11-8-5-2/h17,20,25,27,59H,4-16,18-19,21-24,26,28-58H2,1-3H3/b20-17-,27-25-. The Balaban J connectivity index is 4.24. The molecule has 1 atom stereocenters. The summed E-state index contributed by atoms with van der Waals surface area (Å²) in [7, 11) is 0. The van der Waals surface area contributed by atoms with Crippen LogP contribution in [0.25, 0.3) is 0 Å². The summed E-state index contributed by atoms with van der Waals surface area (Å²) in [6.07, 6.45) is 67.5. The van der Waals surface area contributed by atoms with Gasteiger partial charge in [-0.15, -0.1) is 0 Å². The van der Waals surface area contributed by atoms with E-state index in [1.807, 2.05) is 0 Å². The molecule has 0 fully saturated rings. The van der Waals surface area contributed by atoms with Crippen molar-refractivity contribution >= 4 is 17.9 Å². The Bertz CT molecular complexity index is 1100. The lowest BCUT2D eigenvalue weighted by Crippen LogP contribution is -2.30. The lowest BCUT2D eigenvalue weighted by molar-refractivity contribution is -0.167. The van der Waals surface area contributed by atoms with E-state index in [-0.39, 0.29) is 31.1 Å². The van der Waals surface area contributed by atoms with Gasteiger partial charge in [0, 0.05) is 19.3 Å². The summed E-state index contributed by atoms with van der Waals surface area (Å²) in [5.41, 5.74) is 0. The summed E-state index contributed by atoms with van der Waals surface area (Å²) in [5.74, 6) is -0.855. The highest BCUT2D eigenvalue weighted by Crippen LogP contribution is 2.17. The Morgan fingerprint density at radius 2 is 0.529 bits per heavy atom. The Morgan fingerprint density at radius 3 is 0.838 bits per heavy atom. The SMILES string of the molecule is CCCCC/C=C\C/C=C\CCCCCCCCCC(=O)OC(COC(=O)CCCCCCCCCCCCC)COC(=O)CCCCCCCCCCCCCCCCCCCCCCCC. The van der Waals surface area contributed by atoms with Gasteiger partial charge in [-0.3, -0.25) is 14.4 Å². The van der Waals surface area contributed by atoms with E-state index in [1.165, 1.54) is 225 Å². The fourth-order valence-corrected chi connectivity index (χ4v) is 9.12. The van der Waals surface area contributed by atoms with E-state index >= 15 is 0 Å². The number of esters is 3. The number of hydrogen-bond acceptors (Lipinski definition) is 6. The third-order valence-corrected chi connectivity index (χ3v) is 13.7. The molecule has 0 N–H and O–H groups in total. The predicted octanol–water partition coefficient (Wildman–Crippen LogP) is 20.3. The highest BCUT2D eigenvalue weighted by molar-refractivity contribution is 5.71. The third-order valence-electron chi connectivity index (χ3n) is 13.7. The van der Waals surface area contributed by atoms with Crippen molar-refractivity contribution in [1.29, 1.82) is 0 Å². The Labute approximate surface area is 423 Å². The second kappa shape index (κ2) is 57.5. The highest BCUT2D eigenvalue weighted by atomic mass is 16.6. The maximum absolute atomic E-state index is 12.9. The molecular weight excluding hydrogens is 841 g/mol. The molecule has 68 heavy (non-hydrogen) atoms. The van der Waals surface area contributed by atoms with Gasteiger partial charge in [-0.2, -0.15) is 0 Å². The molecule has 0 aliphatic rings. The maximum atomic E-state index is 12.9. The number of hydrogen-bond donors (Lipinski definition) is 0. The van der Waals surface area contributed by atoms with Gasteiger partial charge in [0.15, 0.2) is 6.10 Å². The van der Waals surface area contributed by atoms with Gasteiger partial charge in [-0.05, 0) is 51.4 Å². The molecule has 0 rings (SSSR count). The summed E-state index contributed by atoms with van der Waals surface area (Å²) in [6.45, 7) is 6.66. The lowest BCUT2D eigenvalue weighted by Gasteiger charge is -2.18. The second-order valence-corrected chi connectivity index (χ2v) is 20.6. The monoisotopic (exact) mass is 957 g/mol. The maximum Gasteiger partial charge on any atom is 0.306 e. The number of rotatable bonds is 56. The van der Waals surface area contributed by atoms with E-state index in [0.29, 0.717) is 19.3 Å². The summed E-state index contributed by atoms with van der Waals surface area (Å²) in [4.78, 5) is 38.1. The van der Waals surface area contributed by atoms with Crippen LogP contribution in [0.4, 0.5) is 0 Å². The van der Waals surface area contributed by atoms with E-state index < -0.39 is 6.10 Å². The second-order valence-electron chi connectivity index (χ2n) is 20.6. The Hall–Kier alpha value is -2.11. The number of carbonyl (C=O) groups excluding carboxylic acids is 3. The van der Waals surface area contributed by atoms with Crippen molar-refractivity contribution in [1.82, 2.24) is 0 Å². The summed E-state index contributed by atoms with van der Waals surface area (Å²) in [5, 5.41) is 0. The molecule has 6 heteroatoms. The van der Waals surface area contributed by atoms with Crippen LogP contribution in [0.1, 0.15) is 335 Å². The Kier molecular flexibility index (Phi) is 55.7. The van der Waals surface area contributed by atoms with Gasteiger partial charge in [-0.25, -0.2) is 0 Å². The molecule has 0 saturated heterocycles. The normalized spacial score (nSPS) is 12.1. The van der Waals surface area contributed by atoms with Gasteiger partial charge in [0.05, 0.1) is 0 Å². The van der Waals surface area contributed by atoms with Crippen LogP contribution in [-0.2, 0) is 28.6 Å². The predicted molar refractivity (Wildman–Crippen MR) is 293 cm³/mol. The summed E-state index contributed by atoms with van der Waals surface area (Å²) in [6, 6.07) is 0. The van der Waals surface area contributed by atoms with Crippen molar-refractivity contribution < 1.29 is 28.6 Å². The van der Waals surface area contributed by atoms with E-state index in [1.54, 1.807) is 0 Å². The molecule has 0 aromatic carbocycles. The zero-order chi connectivity index (χ0) is 49.3. The van der Waals surface area contributed by atoms with Crippen LogP contribution >= 0.6 is 0 Å². The lowest BCUT2D eigenvalue weighted by atomic mass is 10.0. The van der Waals surface area contributed by atoms with Crippen LogP contribution < -0.4 is 0 Å². The number of ether oxygens (including phenoxy) is 3. The van der Waals surface area contributed by atoms with Crippen molar-refractivity contribution in [2.24, 2.45) is 0 Å². The van der Waals surface area contributed by atoms with E-state index in [2.05, 4.69) is 45.1 Å². The van der Waals surface area contributed by atoms with Crippen molar-refractivity contribution in [2.45, 2.75) is 341 Å². The van der Waals surface area contributed by atoms with Gasteiger partial charge in [0.2, 0.25) is 0 Å². The number of unbranched alkanes of at least 4 members (excludes halogenated alkanes) is 41. The van der Waals surface area contributed by atoms with Gasteiger partial charge >= 0.3 is 17.9 Å². The topological polar surface area (TPSA) is 78.9 Å². The van der Waals surface area contributed by atoms with Crippen LogP contribution in [0.3, 0.4) is 0 Å². The minimum atomic E-state index is -0.770. The fourth-order valence-electron chi connectivity index (χ4n) is 9.12. The molecular formula is C62H116O6. The summed E-state index contributed by atoms with van der Waals surface area (Å²) >= 11 is 0. The molecule has 0 aliphatic carbocycles. The Morgan fingerprint density at radius 1 is 0.294 bits per heavy atom. The average Bonchev–Trinajstić information content (AvgIpc) is 3.34. The molecule has 0 bridgehead atoms. The zero-order valence-corrected chi connectivity index (χ0v) is 45.9. The first-order chi connectivity index (χ1) is 33.5. The summed E-state index contributed by atoms with van der Waals surface area (Å²) < 4.78 is 16.9. The molecule has 6 nitrogen and oxygen atoms in total. The minimum absolute atomic E-state index is 0.0689. The largest absolute Gasteiger partial charge is 0.462 e. The van der Waals surface area contributed by atoms with Gasteiger partial charge < -0.3 is 14.2 Å². The molecule has 0 radical (unpaired) electrons. The molecule has 400 valence electrons. The van der Waals surface area contributed by atoms with E-state index in [4.69, 9.17) is 14.2 Å². The van der Waals surface area contributed by atoms with Crippen molar-refractivity contribution in [3.8, 4) is 0 Å². The molecule has 0 aromatic rings. The molecule has 0 spiro atoms. The number of allylic oxidation sites excluding steroid dienone is 4. The quantitative estimate of drug-likeness (QED) is 0.0262. The van der Waals surface area contributed by atoms with Crippen LogP contribution in [0, 0.1) is 0 Å².